The van der Waals surface area contributed by atoms with Crippen LogP contribution in [0.1, 0.15) is 11.7 Å². The van der Waals surface area contributed by atoms with Crippen LogP contribution in [0, 0.1) is 0 Å². The number of hydrogen-bond donors (Lipinski definition) is 1. The standard InChI is InChI=1S/C11H14F2O4/c1-15-7-5-9(17-3)8(16-2)4-6(7)10(14)11(12)13/h4-5,10-11,14H,1-3H3. The van der Waals surface area contributed by atoms with Crippen molar-refractivity contribution in [2.24, 2.45) is 0 Å². The highest BCUT2D eigenvalue weighted by molar-refractivity contribution is 5.51. The lowest BCUT2D eigenvalue weighted by Gasteiger charge is -2.17. The maximum absolute atomic E-state index is 12.5. The number of hydrogen-bond acceptors (Lipinski definition) is 4. The molecule has 0 fully saturated rings. The SMILES string of the molecule is COc1cc(OC)c(C(O)C(F)F)cc1OC. The van der Waals surface area contributed by atoms with Crippen LogP contribution in [0.2, 0.25) is 0 Å². The van der Waals surface area contributed by atoms with Gasteiger partial charge in [0.2, 0.25) is 0 Å². The van der Waals surface area contributed by atoms with Gasteiger partial charge in [0.15, 0.2) is 11.5 Å². The molecule has 0 aromatic heterocycles. The van der Waals surface area contributed by atoms with Gasteiger partial charge < -0.3 is 19.3 Å². The number of alkyl halides is 2. The Morgan fingerprint density at radius 1 is 0.941 bits per heavy atom. The Hall–Kier alpha value is -1.56. The molecule has 0 saturated heterocycles. The van der Waals surface area contributed by atoms with Crippen LogP contribution >= 0.6 is 0 Å². The van der Waals surface area contributed by atoms with Gasteiger partial charge in [-0.1, -0.05) is 0 Å². The van der Waals surface area contributed by atoms with Crippen LogP contribution < -0.4 is 14.2 Å². The molecule has 0 amide bonds. The molecule has 0 aliphatic carbocycles. The maximum atomic E-state index is 12.5. The Labute approximate surface area is 97.7 Å². The molecule has 96 valence electrons. The minimum Gasteiger partial charge on any atom is -0.496 e. The molecule has 0 aliphatic rings. The number of methoxy groups -OCH3 is 3. The molecule has 0 heterocycles. The molecular weight excluding hydrogens is 234 g/mol. The number of rotatable bonds is 5. The highest BCUT2D eigenvalue weighted by Gasteiger charge is 2.25. The van der Waals surface area contributed by atoms with E-state index in [0.717, 1.165) is 0 Å². The van der Waals surface area contributed by atoms with Gasteiger partial charge in [0, 0.05) is 11.6 Å². The van der Waals surface area contributed by atoms with Crippen LogP contribution in [0.15, 0.2) is 12.1 Å². The van der Waals surface area contributed by atoms with E-state index in [1.165, 1.54) is 33.5 Å². The molecule has 1 rings (SSSR count). The van der Waals surface area contributed by atoms with Crippen LogP contribution in [0.3, 0.4) is 0 Å². The Kier molecular flexibility index (Phi) is 4.51. The molecular formula is C11H14F2O4. The van der Waals surface area contributed by atoms with Crippen molar-refractivity contribution in [1.29, 1.82) is 0 Å². The van der Waals surface area contributed by atoms with Crippen molar-refractivity contribution in [2.75, 3.05) is 21.3 Å². The number of benzene rings is 1. The number of aliphatic hydroxyl groups excluding tert-OH is 1. The minimum atomic E-state index is -2.90. The zero-order valence-electron chi connectivity index (χ0n) is 9.74. The van der Waals surface area contributed by atoms with Crippen LogP contribution in [0.25, 0.3) is 0 Å². The zero-order chi connectivity index (χ0) is 13.0. The topological polar surface area (TPSA) is 47.9 Å². The second-order valence-corrected chi connectivity index (χ2v) is 3.23. The normalized spacial score (nSPS) is 12.4. The molecule has 1 aromatic rings. The second-order valence-electron chi connectivity index (χ2n) is 3.23. The number of halogens is 2. The largest absolute Gasteiger partial charge is 0.496 e. The van der Waals surface area contributed by atoms with E-state index in [0.29, 0.717) is 5.75 Å². The van der Waals surface area contributed by atoms with Crippen LogP contribution in [-0.2, 0) is 0 Å². The van der Waals surface area contributed by atoms with E-state index < -0.39 is 12.5 Å². The Bertz CT molecular complexity index is 382. The summed E-state index contributed by atoms with van der Waals surface area (Å²) in [5, 5.41) is 9.37. The third-order valence-corrected chi connectivity index (χ3v) is 2.29. The van der Waals surface area contributed by atoms with E-state index >= 15 is 0 Å². The van der Waals surface area contributed by atoms with E-state index in [2.05, 4.69) is 0 Å². The summed E-state index contributed by atoms with van der Waals surface area (Å²) in [7, 11) is 4.12. The Morgan fingerprint density at radius 3 is 1.82 bits per heavy atom. The lowest BCUT2D eigenvalue weighted by atomic mass is 10.1. The first kappa shape index (κ1) is 13.5. The molecule has 0 radical (unpaired) electrons. The third-order valence-electron chi connectivity index (χ3n) is 2.29. The molecule has 17 heavy (non-hydrogen) atoms. The van der Waals surface area contributed by atoms with Gasteiger partial charge in [-0.15, -0.1) is 0 Å². The number of aliphatic hydroxyl groups is 1. The van der Waals surface area contributed by atoms with Crippen molar-refractivity contribution in [3.05, 3.63) is 17.7 Å². The molecule has 0 spiro atoms. The van der Waals surface area contributed by atoms with Gasteiger partial charge in [0.1, 0.15) is 11.9 Å². The first-order valence-electron chi connectivity index (χ1n) is 4.81. The van der Waals surface area contributed by atoms with Gasteiger partial charge >= 0.3 is 0 Å². The Morgan fingerprint density at radius 2 is 1.41 bits per heavy atom. The molecule has 6 heteroatoms. The van der Waals surface area contributed by atoms with E-state index in [1.807, 2.05) is 0 Å². The second kappa shape index (κ2) is 5.67. The zero-order valence-corrected chi connectivity index (χ0v) is 9.74. The average molecular weight is 248 g/mol. The maximum Gasteiger partial charge on any atom is 0.268 e. The fourth-order valence-corrected chi connectivity index (χ4v) is 1.42. The summed E-state index contributed by atoms with van der Waals surface area (Å²) in [4.78, 5) is 0. The first-order chi connectivity index (χ1) is 8.04. The fraction of sp³-hybridized carbons (Fsp3) is 0.455. The van der Waals surface area contributed by atoms with E-state index in [1.54, 1.807) is 0 Å². The molecule has 0 bridgehead atoms. The molecule has 1 atom stereocenters. The highest BCUT2D eigenvalue weighted by atomic mass is 19.3. The van der Waals surface area contributed by atoms with Crippen molar-refractivity contribution in [1.82, 2.24) is 0 Å². The summed E-state index contributed by atoms with van der Waals surface area (Å²) in [6.07, 6.45) is -4.83. The van der Waals surface area contributed by atoms with Crippen LogP contribution in [0.4, 0.5) is 8.78 Å². The van der Waals surface area contributed by atoms with Gasteiger partial charge in [0.05, 0.1) is 21.3 Å². The van der Waals surface area contributed by atoms with Gasteiger partial charge in [-0.3, -0.25) is 0 Å². The lowest BCUT2D eigenvalue weighted by molar-refractivity contribution is -0.00711. The molecule has 1 aromatic carbocycles. The van der Waals surface area contributed by atoms with Crippen molar-refractivity contribution < 1.29 is 28.1 Å². The van der Waals surface area contributed by atoms with E-state index in [4.69, 9.17) is 14.2 Å². The molecule has 0 aliphatic heterocycles. The van der Waals surface area contributed by atoms with Gasteiger partial charge in [-0.05, 0) is 6.07 Å². The van der Waals surface area contributed by atoms with Crippen LogP contribution in [0.5, 0.6) is 17.2 Å². The summed E-state index contributed by atoms with van der Waals surface area (Å²) in [5.74, 6) is 0.716. The van der Waals surface area contributed by atoms with E-state index in [-0.39, 0.29) is 17.1 Å². The van der Waals surface area contributed by atoms with Gasteiger partial charge in [-0.25, -0.2) is 8.78 Å². The quantitative estimate of drug-likeness (QED) is 0.866. The average Bonchev–Trinajstić information content (AvgIpc) is 2.35. The van der Waals surface area contributed by atoms with Crippen LogP contribution in [-0.4, -0.2) is 32.9 Å². The smallest absolute Gasteiger partial charge is 0.268 e. The lowest BCUT2D eigenvalue weighted by Crippen LogP contribution is -2.10. The predicted octanol–water partition coefficient (Wildman–Crippen LogP) is 2.01. The van der Waals surface area contributed by atoms with Crippen molar-refractivity contribution >= 4 is 0 Å². The summed E-state index contributed by atoms with van der Waals surface area (Å²) in [5.41, 5.74) is -0.0415. The molecule has 1 N–H and O–H groups in total. The third kappa shape index (κ3) is 2.76. The molecule has 4 nitrogen and oxygen atoms in total. The summed E-state index contributed by atoms with van der Waals surface area (Å²) in [6.45, 7) is 0. The minimum absolute atomic E-state index is 0.0415. The van der Waals surface area contributed by atoms with Crippen molar-refractivity contribution in [2.45, 2.75) is 12.5 Å². The summed E-state index contributed by atoms with van der Waals surface area (Å²) < 4.78 is 39.8. The summed E-state index contributed by atoms with van der Waals surface area (Å²) in [6, 6.07) is 2.66. The van der Waals surface area contributed by atoms with Gasteiger partial charge in [-0.2, -0.15) is 0 Å². The fourth-order valence-electron chi connectivity index (χ4n) is 1.42. The monoisotopic (exact) mass is 248 g/mol. The van der Waals surface area contributed by atoms with Gasteiger partial charge in [0.25, 0.3) is 6.43 Å². The predicted molar refractivity (Wildman–Crippen MR) is 57.1 cm³/mol. The molecule has 0 saturated carbocycles. The molecule has 1 unspecified atom stereocenters. The van der Waals surface area contributed by atoms with Crippen molar-refractivity contribution in [3.63, 3.8) is 0 Å². The Balaban J connectivity index is 3.28. The van der Waals surface area contributed by atoms with Crippen molar-refractivity contribution in [3.8, 4) is 17.2 Å². The number of ether oxygens (including phenoxy) is 3. The van der Waals surface area contributed by atoms with E-state index in [9.17, 15) is 13.9 Å². The highest BCUT2D eigenvalue weighted by Crippen LogP contribution is 2.38. The summed E-state index contributed by atoms with van der Waals surface area (Å²) >= 11 is 0. The first-order valence-corrected chi connectivity index (χ1v) is 4.81.